The molecule has 3 heterocycles. The number of rotatable bonds is 7. The van der Waals surface area contributed by atoms with Gasteiger partial charge in [0, 0.05) is 7.05 Å². The van der Waals surface area contributed by atoms with Crippen LogP contribution in [0, 0.1) is 4.64 Å². The van der Waals surface area contributed by atoms with Crippen molar-refractivity contribution in [3.8, 4) is 17.1 Å². The third-order valence-corrected chi connectivity index (χ3v) is 9.73. The summed E-state index contributed by atoms with van der Waals surface area (Å²) in [6.45, 7) is 9.55. The lowest BCUT2D eigenvalue weighted by Gasteiger charge is -2.48. The summed E-state index contributed by atoms with van der Waals surface area (Å²) in [7, 11) is 2.44. The smallest absolute Gasteiger partial charge is 0.243 e. The molecule has 36 heavy (non-hydrogen) atoms. The molecular formula is C25H37N6O3S2+. The Hall–Kier alpha value is -2.34. The Morgan fingerprint density at radius 1 is 1.19 bits per heavy atom. The van der Waals surface area contributed by atoms with E-state index in [1.54, 1.807) is 27.2 Å². The Morgan fingerprint density at radius 2 is 1.86 bits per heavy atom. The van der Waals surface area contributed by atoms with E-state index in [2.05, 4.69) is 49.9 Å². The van der Waals surface area contributed by atoms with E-state index in [0.29, 0.717) is 41.5 Å². The quantitative estimate of drug-likeness (QED) is 0.366. The van der Waals surface area contributed by atoms with Crippen LogP contribution in [0.3, 0.4) is 0 Å². The highest BCUT2D eigenvalue weighted by Gasteiger charge is 2.42. The van der Waals surface area contributed by atoms with E-state index in [9.17, 15) is 8.42 Å². The number of fused-ring (bicyclic) bond motifs is 1. The molecule has 0 radical (unpaired) electrons. The second-order valence-electron chi connectivity index (χ2n) is 10.2. The van der Waals surface area contributed by atoms with Crippen LogP contribution in [0.4, 0.5) is 0 Å². The number of nitrogens with zero attached hydrogens (tertiary/aromatic N) is 5. The van der Waals surface area contributed by atoms with Gasteiger partial charge < -0.3 is 14.2 Å². The van der Waals surface area contributed by atoms with E-state index in [1.807, 2.05) is 14.0 Å². The summed E-state index contributed by atoms with van der Waals surface area (Å²) in [6.07, 6.45) is 1.73. The summed E-state index contributed by atoms with van der Waals surface area (Å²) < 4.78 is 38.0. The maximum absolute atomic E-state index is 13.8. The lowest BCUT2D eigenvalue weighted by Crippen LogP contribution is -2.65. The number of nitrogens with one attached hydrogen (secondary N) is 1. The number of quaternary nitrogens is 1. The SMILES string of the molecule is CCCc1nn(C)c2c(=S)nc(-c3cc(S(=O)(=O)N4C[C@@H](C)[N+](C)(C)[C@@H](C)C4)ccc3OCC)[nH]c12. The average molecular weight is 534 g/mol. The highest BCUT2D eigenvalue weighted by Crippen LogP contribution is 2.34. The molecule has 0 aliphatic carbocycles. The lowest BCUT2D eigenvalue weighted by atomic mass is 10.1. The van der Waals surface area contributed by atoms with Gasteiger partial charge in [-0.25, -0.2) is 13.4 Å². The molecule has 1 aliphatic heterocycles. The number of aromatic nitrogens is 4. The van der Waals surface area contributed by atoms with Crippen molar-refractivity contribution in [2.24, 2.45) is 7.05 Å². The van der Waals surface area contributed by atoms with Gasteiger partial charge in [0.05, 0.1) is 67.5 Å². The fraction of sp³-hybridized carbons (Fsp3) is 0.560. The summed E-state index contributed by atoms with van der Waals surface area (Å²) in [5.74, 6) is 1.02. The molecule has 2 atom stereocenters. The van der Waals surface area contributed by atoms with Gasteiger partial charge in [-0.2, -0.15) is 9.40 Å². The number of H-pyrrole nitrogens is 1. The Balaban J connectivity index is 1.84. The number of hydrogen-bond acceptors (Lipinski definition) is 6. The average Bonchev–Trinajstić information content (AvgIpc) is 3.13. The molecule has 0 bridgehead atoms. The van der Waals surface area contributed by atoms with Gasteiger partial charge in [-0.05, 0) is 45.4 Å². The first-order valence-corrected chi connectivity index (χ1v) is 14.3. The van der Waals surface area contributed by atoms with Crippen LogP contribution in [0.25, 0.3) is 22.4 Å². The van der Waals surface area contributed by atoms with Gasteiger partial charge in [-0.3, -0.25) is 4.68 Å². The summed E-state index contributed by atoms with van der Waals surface area (Å²) in [4.78, 5) is 8.24. The minimum absolute atomic E-state index is 0.174. The predicted octanol–water partition coefficient (Wildman–Crippen LogP) is 3.90. The van der Waals surface area contributed by atoms with E-state index in [0.717, 1.165) is 34.1 Å². The van der Waals surface area contributed by atoms with Crippen LogP contribution in [0.5, 0.6) is 5.75 Å². The van der Waals surface area contributed by atoms with Crippen LogP contribution in [0.2, 0.25) is 0 Å². The Bertz CT molecular complexity index is 1430. The molecule has 2 aromatic heterocycles. The number of likely N-dealkylation sites (N-methyl/N-ethyl adjacent to an activating group) is 1. The summed E-state index contributed by atoms with van der Waals surface area (Å²) >= 11 is 5.63. The molecular weight excluding hydrogens is 496 g/mol. The molecule has 0 unspecified atom stereocenters. The van der Waals surface area contributed by atoms with E-state index in [1.165, 1.54) is 0 Å². The van der Waals surface area contributed by atoms with Crippen LogP contribution in [-0.4, -0.2) is 82.8 Å². The van der Waals surface area contributed by atoms with Crippen molar-refractivity contribution in [3.63, 3.8) is 0 Å². The summed E-state index contributed by atoms with van der Waals surface area (Å²) in [5.41, 5.74) is 3.05. The van der Waals surface area contributed by atoms with Gasteiger partial charge in [0.25, 0.3) is 0 Å². The molecule has 11 heteroatoms. The molecule has 0 spiro atoms. The number of aromatic amines is 1. The van der Waals surface area contributed by atoms with Crippen LogP contribution < -0.4 is 4.74 Å². The predicted molar refractivity (Wildman–Crippen MR) is 144 cm³/mol. The van der Waals surface area contributed by atoms with Crippen molar-refractivity contribution in [2.75, 3.05) is 33.8 Å². The number of hydrogen-bond donors (Lipinski definition) is 1. The fourth-order valence-electron chi connectivity index (χ4n) is 4.80. The lowest BCUT2D eigenvalue weighted by molar-refractivity contribution is -0.938. The van der Waals surface area contributed by atoms with Gasteiger partial charge in [-0.1, -0.05) is 25.6 Å². The third-order valence-electron chi connectivity index (χ3n) is 7.62. The standard InChI is InChI=1S/C25H36N6O3S2/c1-8-10-20-22-23(29(5)28-20)25(35)27-24(26-22)19-13-18(11-12-21(19)34-9-2)36(32,33)30-14-16(3)31(6,7)17(4)15-30/h11-13,16-17H,8-10,14-15H2,1-7H3/p+1/t16-,17+. The second-order valence-corrected chi connectivity index (χ2v) is 12.5. The Labute approximate surface area is 218 Å². The highest BCUT2D eigenvalue weighted by molar-refractivity contribution is 7.89. The van der Waals surface area contributed by atoms with E-state index in [4.69, 9.17) is 17.0 Å². The van der Waals surface area contributed by atoms with Gasteiger partial charge in [0.1, 0.15) is 17.1 Å². The molecule has 1 aromatic carbocycles. The maximum Gasteiger partial charge on any atom is 0.243 e. The number of benzene rings is 1. The van der Waals surface area contributed by atoms with E-state index in [-0.39, 0.29) is 17.0 Å². The first kappa shape index (κ1) is 26.7. The van der Waals surface area contributed by atoms with Crippen LogP contribution in [-0.2, 0) is 23.5 Å². The number of aryl methyl sites for hydroxylation is 2. The zero-order valence-electron chi connectivity index (χ0n) is 22.2. The Kier molecular flexibility index (Phi) is 7.31. The molecule has 3 aromatic rings. The summed E-state index contributed by atoms with van der Waals surface area (Å²) in [5, 5.41) is 4.62. The highest BCUT2D eigenvalue weighted by atomic mass is 32.2. The van der Waals surface area contributed by atoms with E-state index >= 15 is 0 Å². The molecule has 1 saturated heterocycles. The van der Waals surface area contributed by atoms with Crippen LogP contribution in [0.1, 0.15) is 39.8 Å². The minimum atomic E-state index is -3.72. The first-order valence-electron chi connectivity index (χ1n) is 12.5. The Morgan fingerprint density at radius 3 is 2.47 bits per heavy atom. The van der Waals surface area contributed by atoms with E-state index < -0.39 is 10.0 Å². The first-order chi connectivity index (χ1) is 16.9. The largest absolute Gasteiger partial charge is 0.493 e. The zero-order valence-corrected chi connectivity index (χ0v) is 23.8. The van der Waals surface area contributed by atoms with Gasteiger partial charge >= 0.3 is 0 Å². The van der Waals surface area contributed by atoms with Crippen LogP contribution >= 0.6 is 12.2 Å². The van der Waals surface area contributed by atoms with Gasteiger partial charge in [0.2, 0.25) is 10.0 Å². The van der Waals surface area contributed by atoms with Gasteiger partial charge in [-0.15, -0.1) is 0 Å². The van der Waals surface area contributed by atoms with Crippen molar-refractivity contribution < 1.29 is 17.6 Å². The van der Waals surface area contributed by atoms with Crippen LogP contribution in [0.15, 0.2) is 23.1 Å². The molecule has 9 nitrogen and oxygen atoms in total. The molecule has 0 saturated carbocycles. The van der Waals surface area contributed by atoms with Crippen molar-refractivity contribution in [3.05, 3.63) is 28.5 Å². The molecule has 196 valence electrons. The molecule has 0 amide bonds. The fourth-order valence-corrected chi connectivity index (χ4v) is 6.75. The molecule has 1 N–H and O–H groups in total. The topological polar surface area (TPSA) is 93.1 Å². The van der Waals surface area contributed by atoms with Crippen molar-refractivity contribution in [1.29, 1.82) is 0 Å². The van der Waals surface area contributed by atoms with Gasteiger partial charge in [0.15, 0.2) is 4.64 Å². The number of ether oxygens (including phenoxy) is 1. The summed E-state index contributed by atoms with van der Waals surface area (Å²) in [6, 6.07) is 5.33. The molecule has 1 fully saturated rings. The number of sulfonamides is 1. The minimum Gasteiger partial charge on any atom is -0.493 e. The second kappa shape index (κ2) is 9.85. The molecule has 1 aliphatic rings. The van der Waals surface area contributed by atoms with Crippen molar-refractivity contribution in [1.82, 2.24) is 24.1 Å². The maximum atomic E-state index is 13.8. The van der Waals surface area contributed by atoms with Crippen molar-refractivity contribution >= 4 is 33.3 Å². The third kappa shape index (κ3) is 4.57. The zero-order chi connectivity index (χ0) is 26.4. The normalized spacial score (nSPS) is 20.6. The molecule has 4 rings (SSSR count). The number of piperazine rings is 1. The monoisotopic (exact) mass is 533 g/mol. The van der Waals surface area contributed by atoms with Crippen molar-refractivity contribution in [2.45, 2.75) is 57.5 Å².